The highest BCUT2D eigenvalue weighted by Gasteiger charge is 2.41. The largest absolute Gasteiger partial charge is 0.482 e. The smallest absolute Gasteiger partial charge is 0.341 e. The highest BCUT2D eigenvalue weighted by molar-refractivity contribution is 8.00. The molecule has 26 N–H and O–H groups in total. The molecule has 143 heavy (non-hydrogen) atoms. The molecule has 17 amide bonds. The zero-order valence-electron chi connectivity index (χ0n) is 80.9. The van der Waals surface area contributed by atoms with Gasteiger partial charge in [-0.25, -0.2) is 9.59 Å². The molecule has 0 radical (unpaired) electrons. The summed E-state index contributed by atoms with van der Waals surface area (Å²) in [6.45, 7) is 12.0. The number of ether oxygens (including phenoxy) is 2. The number of carbonyl (C=O) groups excluding carboxylic acids is 17. The number of carboxylic acids is 3. The molecule has 0 bridgehead atoms. The van der Waals surface area contributed by atoms with Crippen LogP contribution in [0.1, 0.15) is 124 Å². The number of hydrogen-bond acceptors (Lipinski definition) is 25. The Morgan fingerprint density at radius 3 is 1.16 bits per heavy atom. The van der Waals surface area contributed by atoms with Crippen molar-refractivity contribution in [1.29, 1.82) is 0 Å². The Kier molecular flexibility index (Phi) is 45.3. The zero-order chi connectivity index (χ0) is 106. The SMILES string of the molecule is CC(C)C[C@@H]1NC(=O)[C@H](Cc2c[nH]c3ccccc23)NC(=O)[C@H](CC(=O)O)NC(=O)[C@H](Cc2ccc(OCC(=O)O)cc2)NC(=O)[C@H](Cc2ccc(OCC(=O)O)cc2)NC(=O)CSC[C@@H](C(=O)NCC(N)=O)NC(=O)[C@H](CO)NC(=O)[C@H](C(C)C)NC(=O)[C@H](CC(C)C)NC(=O)[C@H](CC(N)=O)NC(=O)[C@@H](CC(C)C)NC(=O)[C@H](CN)NC(=O)[C@H](C(C)C)NC(=O)[C@H](Cc2ccc(-c3ccccc3)cc2)NC1=O. The van der Waals surface area contributed by atoms with Gasteiger partial charge in [-0.15, -0.1) is 11.8 Å². The van der Waals surface area contributed by atoms with Gasteiger partial charge in [0.1, 0.15) is 96.1 Å². The normalized spacial score (nSPS) is 22.4. The van der Waals surface area contributed by atoms with E-state index in [1.807, 2.05) is 30.3 Å². The van der Waals surface area contributed by atoms with Gasteiger partial charge in [0, 0.05) is 55.1 Å². The summed E-state index contributed by atoms with van der Waals surface area (Å²) in [7, 11) is 0. The minimum Gasteiger partial charge on any atom is -0.482 e. The molecule has 46 heteroatoms. The standard InChI is InChI=1S/C97H129N19O26S/c1-49(2)32-64-85(128)108-69(36-54-20-26-58(27-21-54)57-16-12-11-13-17-57)93(136)116-82(52(7)8)96(139)112-73(41-98)94(137)106-65(33-50(3)4)86(129)110-71(39-76(99)118)90(133)105-66(34-51(5)6)92(135)115-83(53(9)10)97(140)113-74(44-117)95(138)114-75(84(127)102-43-77(100)119)47-143-48-78(120)103-67(35-55-22-28-60(29-23-55)141-45-80(123)124)87(130)107-68(37-56-24-30-61(31-25-56)142-46-81(125)126)88(131)111-72(40-79(121)122)91(134)109-70(89(132)104-64)38-59-42-101-63-19-15-14-18-62(59)63/h11-31,42,49-53,64-75,82-83,101,117H,32-41,43-48,98H2,1-10H3,(H2,99,118)(H2,100,119)(H,102,127)(H,103,120)(H,104,132)(H,105,133)(H,106,137)(H,107,130)(H,108,128)(H,109,134)(H,110,129)(H,111,131)(H,112,139)(H,113,140)(H,114,138)(H,115,135)(H,116,136)(H,121,122)(H,123,124)(H,125,126)/t64-,65+,66-,67-,68-,69-,70-,71-,72-,73-,74-,75-,82-,83-/m0/s1. The Balaban J connectivity index is 1.36. The zero-order valence-corrected chi connectivity index (χ0v) is 81.7. The minimum absolute atomic E-state index is 0.0233. The molecule has 0 spiro atoms. The lowest BCUT2D eigenvalue weighted by Gasteiger charge is -2.30. The molecule has 7 rings (SSSR count). The number of carbonyl (C=O) groups is 20. The molecule has 1 aromatic heterocycles. The summed E-state index contributed by atoms with van der Waals surface area (Å²) in [6.07, 6.45) is -2.83. The molecule has 1 saturated heterocycles. The summed E-state index contributed by atoms with van der Waals surface area (Å²) >= 11 is 0.626. The molecule has 6 aromatic rings. The number of aliphatic hydroxyl groups is 1. The van der Waals surface area contributed by atoms with E-state index in [0.29, 0.717) is 33.8 Å². The maximum Gasteiger partial charge on any atom is 0.341 e. The van der Waals surface area contributed by atoms with Crippen molar-refractivity contribution in [3.05, 3.63) is 156 Å². The van der Waals surface area contributed by atoms with Crippen molar-refractivity contribution in [2.75, 3.05) is 44.4 Å². The molecule has 1 aliphatic rings. The van der Waals surface area contributed by atoms with E-state index in [4.69, 9.17) is 26.7 Å². The highest BCUT2D eigenvalue weighted by Crippen LogP contribution is 2.25. The van der Waals surface area contributed by atoms with Crippen LogP contribution in [0.25, 0.3) is 22.0 Å². The molecule has 1 aliphatic heterocycles. The van der Waals surface area contributed by atoms with Crippen LogP contribution in [0, 0.1) is 29.6 Å². The molecule has 0 saturated carbocycles. The number of fused-ring (bicyclic) bond motifs is 1. The number of nitrogens with two attached hydrogens (primary N) is 3. The van der Waals surface area contributed by atoms with Gasteiger partial charge in [0.25, 0.3) is 0 Å². The number of benzene rings is 5. The Bertz CT molecular complexity index is 5470. The number of nitrogens with one attached hydrogen (secondary N) is 16. The van der Waals surface area contributed by atoms with Crippen molar-refractivity contribution in [1.82, 2.24) is 84.7 Å². The first kappa shape index (κ1) is 115. The van der Waals surface area contributed by atoms with Crippen molar-refractivity contribution >= 4 is 141 Å². The van der Waals surface area contributed by atoms with Gasteiger partial charge < -0.3 is 132 Å². The van der Waals surface area contributed by atoms with Gasteiger partial charge in [0.15, 0.2) is 13.2 Å². The van der Waals surface area contributed by atoms with E-state index in [0.717, 1.165) is 11.1 Å². The maximum atomic E-state index is 15.5. The van der Waals surface area contributed by atoms with Crippen LogP contribution in [0.15, 0.2) is 134 Å². The van der Waals surface area contributed by atoms with Crippen LogP contribution in [0.3, 0.4) is 0 Å². The Morgan fingerprint density at radius 2 is 0.741 bits per heavy atom. The van der Waals surface area contributed by atoms with Crippen LogP contribution in [0.5, 0.6) is 11.5 Å². The van der Waals surface area contributed by atoms with Crippen LogP contribution >= 0.6 is 11.8 Å². The summed E-state index contributed by atoms with van der Waals surface area (Å²) in [5, 5.41) is 78.5. The average Bonchev–Trinajstić information content (AvgIpc) is 1.61. The maximum absolute atomic E-state index is 15.5. The van der Waals surface area contributed by atoms with Crippen molar-refractivity contribution < 1.29 is 126 Å². The molecule has 1 fully saturated rings. The van der Waals surface area contributed by atoms with E-state index >= 15 is 28.8 Å². The molecule has 774 valence electrons. The number of hydrogen-bond donors (Lipinski definition) is 23. The van der Waals surface area contributed by atoms with E-state index in [2.05, 4.69) is 84.7 Å². The number of primary amides is 2. The first-order valence-corrected chi connectivity index (χ1v) is 47.6. The first-order chi connectivity index (χ1) is 67.7. The predicted molar refractivity (Wildman–Crippen MR) is 521 cm³/mol. The molecular weight excluding hydrogens is 1880 g/mol. The summed E-state index contributed by atoms with van der Waals surface area (Å²) in [5.41, 5.74) is 20.7. The number of aromatic amines is 1. The minimum atomic E-state index is -2.16. The monoisotopic (exact) mass is 2010 g/mol. The topological polar surface area (TPSA) is 715 Å². The number of aliphatic hydroxyl groups excluding tert-OH is 1. The third kappa shape index (κ3) is 38.1. The second-order valence-electron chi connectivity index (χ2n) is 36.4. The van der Waals surface area contributed by atoms with Gasteiger partial charge in [0.2, 0.25) is 100 Å². The van der Waals surface area contributed by atoms with Gasteiger partial charge in [-0.05, 0) is 113 Å². The number of para-hydroxylation sites is 1. The Labute approximate surface area is 828 Å². The third-order valence-electron chi connectivity index (χ3n) is 22.4. The number of H-pyrrole nitrogens is 1. The highest BCUT2D eigenvalue weighted by atomic mass is 32.2. The molecular formula is C97H129N19O26S. The van der Waals surface area contributed by atoms with Gasteiger partial charge in [-0.1, -0.05) is 166 Å². The van der Waals surface area contributed by atoms with Gasteiger partial charge in [0.05, 0.1) is 31.7 Å². The van der Waals surface area contributed by atoms with E-state index in [9.17, 15) is 87.5 Å². The fraction of sp³-hybridized carbons (Fsp3) is 0.464. The summed E-state index contributed by atoms with van der Waals surface area (Å²) in [4.78, 5) is 287. The summed E-state index contributed by atoms with van der Waals surface area (Å²) < 4.78 is 10.6. The van der Waals surface area contributed by atoms with Crippen molar-refractivity contribution in [2.24, 2.45) is 46.8 Å². The number of thioether (sulfide) groups is 1. The second kappa shape index (κ2) is 56.4. The fourth-order valence-electron chi connectivity index (χ4n) is 15.1. The number of amides is 17. The number of carboxylic acid groups (broad SMARTS) is 3. The van der Waals surface area contributed by atoms with Crippen molar-refractivity contribution in [3.63, 3.8) is 0 Å². The molecule has 0 aliphatic carbocycles. The van der Waals surface area contributed by atoms with Gasteiger partial charge in [-0.3, -0.25) is 86.3 Å². The Morgan fingerprint density at radius 1 is 0.385 bits per heavy atom. The van der Waals surface area contributed by atoms with E-state index < -0.39 is 309 Å². The third-order valence-corrected chi connectivity index (χ3v) is 23.5. The second-order valence-corrected chi connectivity index (χ2v) is 37.4. The summed E-state index contributed by atoms with van der Waals surface area (Å²) in [6, 6.07) is 9.38. The van der Waals surface area contributed by atoms with Crippen LogP contribution in [0.4, 0.5) is 0 Å². The quantitative estimate of drug-likeness (QED) is 0.0215. The lowest BCUT2D eigenvalue weighted by Crippen LogP contribution is -2.63. The van der Waals surface area contributed by atoms with Gasteiger partial charge >= 0.3 is 17.9 Å². The molecule has 2 heterocycles. The van der Waals surface area contributed by atoms with Crippen molar-refractivity contribution in [3.8, 4) is 22.6 Å². The summed E-state index contributed by atoms with van der Waals surface area (Å²) in [5.74, 6) is -27.3. The van der Waals surface area contributed by atoms with Crippen LogP contribution in [-0.4, -0.2) is 273 Å². The molecule has 14 atom stereocenters. The molecule has 5 aromatic carbocycles. The van der Waals surface area contributed by atoms with Crippen LogP contribution in [0.2, 0.25) is 0 Å². The van der Waals surface area contributed by atoms with E-state index in [-0.39, 0.29) is 48.3 Å². The molecule has 0 unspecified atom stereocenters. The first-order valence-electron chi connectivity index (χ1n) is 46.4. The average molecular weight is 2010 g/mol. The number of rotatable bonds is 32. The van der Waals surface area contributed by atoms with E-state index in [1.165, 1.54) is 68.6 Å². The van der Waals surface area contributed by atoms with Gasteiger partial charge in [-0.2, -0.15) is 0 Å². The Hall–Kier alpha value is -15.1. The van der Waals surface area contributed by atoms with E-state index in [1.54, 1.807) is 104 Å². The lowest BCUT2D eigenvalue weighted by molar-refractivity contribution is -0.142. The van der Waals surface area contributed by atoms with Crippen molar-refractivity contribution in [2.45, 2.75) is 212 Å². The van der Waals surface area contributed by atoms with Crippen LogP contribution < -0.4 is 106 Å². The molecule has 45 nitrogen and oxygen atoms in total. The number of aromatic nitrogens is 1. The predicted octanol–water partition coefficient (Wildman–Crippen LogP) is -2.08. The lowest BCUT2D eigenvalue weighted by atomic mass is 9.97. The number of aliphatic carboxylic acids is 3. The fourth-order valence-corrected chi connectivity index (χ4v) is 16.0. The van der Waals surface area contributed by atoms with Crippen LogP contribution in [-0.2, 0) is 122 Å².